The zero-order chi connectivity index (χ0) is 15.5. The molecule has 122 valence electrons. The van der Waals surface area contributed by atoms with E-state index in [0.717, 1.165) is 62.0 Å². The van der Waals surface area contributed by atoms with Gasteiger partial charge in [-0.1, -0.05) is 0 Å². The highest BCUT2D eigenvalue weighted by Gasteiger charge is 2.20. The Bertz CT molecular complexity index is 646. The molecule has 2 aliphatic rings. The SMILES string of the molecule is c1cc(-c2[nH]ncc2OC2CCOCC2)cc(N2CCCC2)n1. The van der Waals surface area contributed by atoms with Crippen molar-refractivity contribution in [3.8, 4) is 17.0 Å². The minimum atomic E-state index is 0.208. The van der Waals surface area contributed by atoms with Crippen LogP contribution in [-0.2, 0) is 4.74 Å². The zero-order valence-corrected chi connectivity index (χ0v) is 13.2. The van der Waals surface area contributed by atoms with Crippen molar-refractivity contribution < 1.29 is 9.47 Å². The Labute approximate surface area is 135 Å². The summed E-state index contributed by atoms with van der Waals surface area (Å²) in [6.45, 7) is 3.72. The maximum Gasteiger partial charge on any atom is 0.165 e. The van der Waals surface area contributed by atoms with Gasteiger partial charge in [0.2, 0.25) is 0 Å². The number of aromatic amines is 1. The third-order valence-electron chi connectivity index (χ3n) is 4.53. The van der Waals surface area contributed by atoms with Gasteiger partial charge in [0.15, 0.2) is 5.75 Å². The van der Waals surface area contributed by atoms with Crippen LogP contribution in [0.25, 0.3) is 11.3 Å². The third-order valence-corrected chi connectivity index (χ3v) is 4.53. The van der Waals surface area contributed by atoms with Crippen molar-refractivity contribution in [1.29, 1.82) is 0 Å². The summed E-state index contributed by atoms with van der Waals surface area (Å²) in [5.74, 6) is 1.85. The second kappa shape index (κ2) is 6.58. The molecular weight excluding hydrogens is 292 g/mol. The van der Waals surface area contributed by atoms with Gasteiger partial charge in [0, 0.05) is 37.7 Å². The first-order valence-corrected chi connectivity index (χ1v) is 8.39. The first-order chi connectivity index (χ1) is 11.4. The molecule has 4 heterocycles. The molecule has 2 aliphatic heterocycles. The predicted molar refractivity (Wildman–Crippen MR) is 87.7 cm³/mol. The molecule has 0 bridgehead atoms. The Morgan fingerprint density at radius 3 is 2.87 bits per heavy atom. The Balaban J connectivity index is 1.56. The first-order valence-electron chi connectivity index (χ1n) is 8.39. The van der Waals surface area contributed by atoms with Crippen molar-refractivity contribution >= 4 is 5.82 Å². The molecule has 0 unspecified atom stereocenters. The first kappa shape index (κ1) is 14.5. The lowest BCUT2D eigenvalue weighted by Gasteiger charge is -2.23. The van der Waals surface area contributed by atoms with Gasteiger partial charge in [-0.05, 0) is 25.0 Å². The number of pyridine rings is 1. The zero-order valence-electron chi connectivity index (χ0n) is 13.2. The van der Waals surface area contributed by atoms with Crippen molar-refractivity contribution in [2.45, 2.75) is 31.8 Å². The summed E-state index contributed by atoms with van der Waals surface area (Å²) < 4.78 is 11.5. The molecule has 0 radical (unpaired) electrons. The van der Waals surface area contributed by atoms with Crippen LogP contribution in [0.2, 0.25) is 0 Å². The van der Waals surface area contributed by atoms with Crippen molar-refractivity contribution in [3.05, 3.63) is 24.5 Å². The van der Waals surface area contributed by atoms with E-state index >= 15 is 0 Å². The van der Waals surface area contributed by atoms with E-state index in [1.54, 1.807) is 6.20 Å². The second-order valence-corrected chi connectivity index (χ2v) is 6.14. The van der Waals surface area contributed by atoms with Gasteiger partial charge in [-0.15, -0.1) is 0 Å². The predicted octanol–water partition coefficient (Wildman–Crippen LogP) is 2.63. The number of H-pyrrole nitrogens is 1. The van der Waals surface area contributed by atoms with Crippen LogP contribution in [0.3, 0.4) is 0 Å². The Morgan fingerprint density at radius 1 is 1.22 bits per heavy atom. The van der Waals surface area contributed by atoms with Crippen LogP contribution in [0.1, 0.15) is 25.7 Å². The number of nitrogens with zero attached hydrogens (tertiary/aromatic N) is 3. The summed E-state index contributed by atoms with van der Waals surface area (Å²) in [7, 11) is 0. The van der Waals surface area contributed by atoms with E-state index in [1.807, 2.05) is 12.3 Å². The van der Waals surface area contributed by atoms with E-state index in [9.17, 15) is 0 Å². The monoisotopic (exact) mass is 314 g/mol. The highest BCUT2D eigenvalue weighted by molar-refractivity contribution is 5.68. The lowest BCUT2D eigenvalue weighted by atomic mass is 10.1. The van der Waals surface area contributed by atoms with Crippen LogP contribution >= 0.6 is 0 Å². The number of aromatic nitrogens is 3. The minimum absolute atomic E-state index is 0.208. The summed E-state index contributed by atoms with van der Waals surface area (Å²) in [6, 6.07) is 4.12. The Morgan fingerprint density at radius 2 is 2.04 bits per heavy atom. The van der Waals surface area contributed by atoms with Crippen LogP contribution in [0.5, 0.6) is 5.75 Å². The van der Waals surface area contributed by atoms with Gasteiger partial charge >= 0.3 is 0 Å². The van der Waals surface area contributed by atoms with Crippen molar-refractivity contribution in [2.75, 3.05) is 31.2 Å². The van der Waals surface area contributed by atoms with E-state index in [2.05, 4.69) is 26.1 Å². The fourth-order valence-corrected chi connectivity index (χ4v) is 3.24. The normalized spacial score (nSPS) is 19.2. The second-order valence-electron chi connectivity index (χ2n) is 6.14. The summed E-state index contributed by atoms with van der Waals surface area (Å²) >= 11 is 0. The molecule has 6 heteroatoms. The minimum Gasteiger partial charge on any atom is -0.486 e. The molecule has 0 saturated carbocycles. The molecule has 2 aromatic rings. The number of anilines is 1. The largest absolute Gasteiger partial charge is 0.486 e. The van der Waals surface area contributed by atoms with Gasteiger partial charge in [0.05, 0.1) is 19.4 Å². The van der Waals surface area contributed by atoms with Crippen LogP contribution < -0.4 is 9.64 Å². The Kier molecular flexibility index (Phi) is 4.15. The molecule has 4 rings (SSSR count). The molecule has 2 saturated heterocycles. The van der Waals surface area contributed by atoms with Crippen LogP contribution in [0.15, 0.2) is 24.5 Å². The van der Waals surface area contributed by atoms with E-state index in [-0.39, 0.29) is 6.10 Å². The van der Waals surface area contributed by atoms with Gasteiger partial charge in [0.25, 0.3) is 0 Å². The van der Waals surface area contributed by atoms with Gasteiger partial charge in [0.1, 0.15) is 17.6 Å². The van der Waals surface area contributed by atoms with Gasteiger partial charge < -0.3 is 14.4 Å². The molecule has 6 nitrogen and oxygen atoms in total. The average molecular weight is 314 g/mol. The van der Waals surface area contributed by atoms with E-state index < -0.39 is 0 Å². The number of ether oxygens (including phenoxy) is 2. The van der Waals surface area contributed by atoms with Crippen LogP contribution in [0.4, 0.5) is 5.82 Å². The quantitative estimate of drug-likeness (QED) is 0.940. The molecule has 0 aliphatic carbocycles. The van der Waals surface area contributed by atoms with E-state index in [0.29, 0.717) is 0 Å². The molecule has 1 N–H and O–H groups in total. The fourth-order valence-electron chi connectivity index (χ4n) is 3.24. The molecule has 0 atom stereocenters. The highest BCUT2D eigenvalue weighted by atomic mass is 16.5. The van der Waals surface area contributed by atoms with Gasteiger partial charge in [-0.25, -0.2) is 4.98 Å². The van der Waals surface area contributed by atoms with Crippen molar-refractivity contribution in [3.63, 3.8) is 0 Å². The smallest absolute Gasteiger partial charge is 0.165 e. The number of rotatable bonds is 4. The fraction of sp³-hybridized carbons (Fsp3) is 0.529. The maximum atomic E-state index is 6.14. The molecule has 2 fully saturated rings. The van der Waals surface area contributed by atoms with Crippen LogP contribution in [0, 0.1) is 0 Å². The van der Waals surface area contributed by atoms with E-state index in [4.69, 9.17) is 9.47 Å². The highest BCUT2D eigenvalue weighted by Crippen LogP contribution is 2.31. The topological polar surface area (TPSA) is 63.3 Å². The molecule has 23 heavy (non-hydrogen) atoms. The summed E-state index contributed by atoms with van der Waals surface area (Å²) in [4.78, 5) is 6.84. The molecular formula is C17H22N4O2. The lowest BCUT2D eigenvalue weighted by molar-refractivity contribution is 0.0258. The van der Waals surface area contributed by atoms with Crippen LogP contribution in [-0.4, -0.2) is 47.6 Å². The van der Waals surface area contributed by atoms with Gasteiger partial charge in [-0.2, -0.15) is 5.10 Å². The van der Waals surface area contributed by atoms with Crippen molar-refractivity contribution in [2.24, 2.45) is 0 Å². The van der Waals surface area contributed by atoms with Gasteiger partial charge in [-0.3, -0.25) is 5.10 Å². The summed E-state index contributed by atoms with van der Waals surface area (Å²) in [5, 5.41) is 7.25. The standard InChI is InChI=1S/C17H22N4O2/c1-2-8-21(7-1)16-11-13(3-6-18-16)17-15(12-19-20-17)23-14-4-9-22-10-5-14/h3,6,11-12,14H,1-2,4-5,7-10H2,(H,19,20). The van der Waals surface area contributed by atoms with E-state index in [1.165, 1.54) is 12.8 Å². The average Bonchev–Trinajstić information content (AvgIpc) is 3.28. The lowest BCUT2D eigenvalue weighted by Crippen LogP contribution is -2.25. The molecule has 0 amide bonds. The molecule has 2 aromatic heterocycles. The third kappa shape index (κ3) is 3.17. The number of hydrogen-bond donors (Lipinski definition) is 1. The Hall–Kier alpha value is -2.08. The summed E-state index contributed by atoms with van der Waals surface area (Å²) in [6.07, 6.45) is 8.19. The molecule has 0 spiro atoms. The molecule has 0 aromatic carbocycles. The number of nitrogens with one attached hydrogen (secondary N) is 1. The summed E-state index contributed by atoms with van der Waals surface area (Å²) in [5.41, 5.74) is 2.00. The van der Waals surface area contributed by atoms with Crippen molar-refractivity contribution in [1.82, 2.24) is 15.2 Å². The maximum absolute atomic E-state index is 6.14. The number of hydrogen-bond acceptors (Lipinski definition) is 5.